The zero-order valence-corrected chi connectivity index (χ0v) is 19.4. The van der Waals surface area contributed by atoms with Crippen molar-refractivity contribution in [1.29, 1.82) is 0 Å². The van der Waals surface area contributed by atoms with Crippen LogP contribution in [0.15, 0.2) is 41.3 Å². The number of ether oxygens (including phenoxy) is 1. The Morgan fingerprint density at radius 2 is 1.74 bits per heavy atom. The van der Waals surface area contributed by atoms with Crippen molar-refractivity contribution >= 4 is 21.7 Å². The van der Waals surface area contributed by atoms with Crippen LogP contribution in [0.2, 0.25) is 0 Å². The zero-order valence-electron chi connectivity index (χ0n) is 18.6. The molecule has 0 amide bonds. The number of hydrogen-bond acceptors (Lipinski definition) is 6. The summed E-state index contributed by atoms with van der Waals surface area (Å²) in [4.78, 5) is 11.4. The fourth-order valence-corrected chi connectivity index (χ4v) is 3.91. The third-order valence-electron chi connectivity index (χ3n) is 4.15. The minimum Gasteiger partial charge on any atom is -0.478 e. The first-order valence-corrected chi connectivity index (χ1v) is 11.8. The average Bonchev–Trinajstić information content (AvgIpc) is 2.70. The van der Waals surface area contributed by atoms with Gasteiger partial charge in [-0.05, 0) is 45.1 Å². The van der Waals surface area contributed by atoms with E-state index in [1.807, 2.05) is 34.0 Å². The molecule has 0 saturated carbocycles. The van der Waals surface area contributed by atoms with Gasteiger partial charge in [-0.15, -0.1) is 0 Å². The molecule has 0 atom stereocenters. The average molecular weight is 452 g/mol. The normalized spacial score (nSPS) is 10.7. The Bertz CT molecular complexity index is 947. The number of rotatable bonds is 10. The van der Waals surface area contributed by atoms with Crippen LogP contribution in [0.3, 0.4) is 0 Å². The van der Waals surface area contributed by atoms with Gasteiger partial charge in [0.1, 0.15) is 10.6 Å². The van der Waals surface area contributed by atoms with E-state index in [9.17, 15) is 18.3 Å². The molecular weight excluding hydrogens is 418 g/mol. The summed E-state index contributed by atoms with van der Waals surface area (Å²) in [5, 5.41) is 20.9. The number of unbranched alkanes of at least 4 members (excludes halogenated alkanes) is 1. The largest absolute Gasteiger partial charge is 0.478 e. The summed E-state index contributed by atoms with van der Waals surface area (Å²) in [5.41, 5.74) is 0.351. The second kappa shape index (κ2) is 12.9. The van der Waals surface area contributed by atoms with Crippen molar-refractivity contribution in [3.05, 3.63) is 47.5 Å². The summed E-state index contributed by atoms with van der Waals surface area (Å²) in [6.07, 6.45) is 2.71. The third kappa shape index (κ3) is 7.86. The molecule has 2 aromatic rings. The minimum atomic E-state index is -4.28. The number of nitrogens with two attached hydrogens (primary N) is 1. The van der Waals surface area contributed by atoms with Crippen LogP contribution in [0.4, 0.5) is 5.69 Å². The molecule has 0 bridgehead atoms. The number of carboxylic acids is 1. The molecule has 5 N–H and O–H groups in total. The van der Waals surface area contributed by atoms with Gasteiger partial charge in [0.25, 0.3) is 0 Å². The van der Waals surface area contributed by atoms with E-state index in [1.54, 1.807) is 24.3 Å². The van der Waals surface area contributed by atoms with Crippen molar-refractivity contribution < 1.29 is 23.1 Å². The van der Waals surface area contributed by atoms with Crippen molar-refractivity contribution in [3.8, 4) is 11.5 Å². The Kier molecular flexibility index (Phi) is 11.0. The Morgan fingerprint density at radius 3 is 2.23 bits per heavy atom. The number of hydrogen-bond donors (Lipinski definition) is 4. The number of primary sulfonamides is 1. The first-order valence-electron chi connectivity index (χ1n) is 10.2. The van der Waals surface area contributed by atoms with Crippen molar-refractivity contribution in [3.63, 3.8) is 0 Å². The van der Waals surface area contributed by atoms with Crippen LogP contribution in [0, 0.1) is 0 Å². The first kappa shape index (κ1) is 26.4. The lowest BCUT2D eigenvalue weighted by molar-refractivity contribution is 0.0692. The van der Waals surface area contributed by atoms with Crippen LogP contribution in [-0.4, -0.2) is 40.1 Å². The lowest BCUT2D eigenvalue weighted by atomic mass is 10.0. The van der Waals surface area contributed by atoms with Crippen LogP contribution in [0.1, 0.15) is 49.0 Å². The Hall–Kier alpha value is -2.62. The van der Waals surface area contributed by atoms with Gasteiger partial charge in [-0.25, -0.2) is 18.4 Å². The van der Waals surface area contributed by atoms with Crippen LogP contribution in [-0.2, 0) is 16.4 Å². The quantitative estimate of drug-likeness (QED) is 0.404. The van der Waals surface area contributed by atoms with Gasteiger partial charge in [0.2, 0.25) is 10.0 Å². The summed E-state index contributed by atoms with van der Waals surface area (Å²) in [6.45, 7) is 4.51. The van der Waals surface area contributed by atoms with E-state index in [4.69, 9.17) is 9.88 Å². The van der Waals surface area contributed by atoms with Crippen LogP contribution < -0.4 is 20.5 Å². The minimum absolute atomic E-state index is 0.271. The molecule has 0 radical (unpaired) electrons. The van der Waals surface area contributed by atoms with Crippen molar-refractivity contribution in [1.82, 2.24) is 5.32 Å². The summed E-state index contributed by atoms with van der Waals surface area (Å²) in [6, 6.07) is 10.2. The number of benzene rings is 2. The molecule has 0 fully saturated rings. The SMILES string of the molecule is CCCCNc1cc(C(=O)O)c(S(N)(=O)=O)c(CCC)c1Oc1ccccc1.CNC. The standard InChI is InChI=1S/C20H26N2O5S.C2H7N/c1-3-5-12-22-17-13-16(20(23)24)19(28(21,25)26)15(9-4-2)18(17)27-14-10-7-6-8-11-14;1-3-2/h6-8,10-11,13,22H,3-5,9,12H2,1-2H3,(H,23,24)(H2,21,25,26);3H,1-2H3. The molecule has 0 unspecified atom stereocenters. The maximum atomic E-state index is 12.3. The predicted octanol–water partition coefficient (Wildman–Crippen LogP) is 3.82. The van der Waals surface area contributed by atoms with Gasteiger partial charge in [-0.2, -0.15) is 0 Å². The van der Waals surface area contributed by atoms with Gasteiger partial charge in [-0.3, -0.25) is 0 Å². The molecule has 31 heavy (non-hydrogen) atoms. The molecule has 0 aliphatic carbocycles. The fraction of sp³-hybridized carbons (Fsp3) is 0.409. The fourth-order valence-electron chi connectivity index (χ4n) is 2.92. The summed E-state index contributed by atoms with van der Waals surface area (Å²) < 4.78 is 30.6. The molecule has 172 valence electrons. The topological polar surface area (TPSA) is 131 Å². The molecule has 9 heteroatoms. The third-order valence-corrected chi connectivity index (χ3v) is 5.19. The highest BCUT2D eigenvalue weighted by atomic mass is 32.2. The first-order chi connectivity index (χ1) is 14.7. The Balaban J connectivity index is 0.00000151. The van der Waals surface area contributed by atoms with E-state index in [2.05, 4.69) is 10.6 Å². The number of carboxylic acid groups (broad SMARTS) is 1. The molecule has 0 spiro atoms. The number of nitrogens with one attached hydrogen (secondary N) is 2. The maximum absolute atomic E-state index is 12.3. The molecule has 8 nitrogen and oxygen atoms in total. The van der Waals surface area contributed by atoms with Gasteiger partial charge in [0.05, 0.1) is 11.3 Å². The second-order valence-electron chi connectivity index (χ2n) is 6.90. The van der Waals surface area contributed by atoms with E-state index in [-0.39, 0.29) is 16.9 Å². The number of para-hydroxylation sites is 1. The van der Waals surface area contributed by atoms with Gasteiger partial charge in [0, 0.05) is 12.1 Å². The van der Waals surface area contributed by atoms with Crippen molar-refractivity contribution in [2.24, 2.45) is 5.14 Å². The molecule has 0 aromatic heterocycles. The smallest absolute Gasteiger partial charge is 0.337 e. The Morgan fingerprint density at radius 1 is 1.13 bits per heavy atom. The summed E-state index contributed by atoms with van der Waals surface area (Å²) in [7, 11) is -0.527. The molecule has 2 rings (SSSR count). The van der Waals surface area contributed by atoms with Crippen LogP contribution in [0.25, 0.3) is 0 Å². The zero-order chi connectivity index (χ0) is 23.4. The Labute approximate surface area is 184 Å². The maximum Gasteiger partial charge on any atom is 0.337 e. The molecule has 0 heterocycles. The molecule has 0 aliphatic heterocycles. The van der Waals surface area contributed by atoms with E-state index in [1.165, 1.54) is 6.07 Å². The number of aromatic carboxylic acids is 1. The van der Waals surface area contributed by atoms with Crippen molar-refractivity contribution in [2.45, 2.75) is 44.4 Å². The predicted molar refractivity (Wildman–Crippen MR) is 124 cm³/mol. The lowest BCUT2D eigenvalue weighted by Crippen LogP contribution is -2.20. The molecule has 0 saturated heterocycles. The van der Waals surface area contributed by atoms with Gasteiger partial charge in [-0.1, -0.05) is 44.9 Å². The van der Waals surface area contributed by atoms with Gasteiger partial charge >= 0.3 is 5.97 Å². The van der Waals surface area contributed by atoms with E-state index >= 15 is 0 Å². The number of anilines is 1. The van der Waals surface area contributed by atoms with E-state index in [0.717, 1.165) is 12.8 Å². The van der Waals surface area contributed by atoms with Crippen LogP contribution in [0.5, 0.6) is 11.5 Å². The van der Waals surface area contributed by atoms with E-state index < -0.39 is 20.9 Å². The molecule has 2 aromatic carbocycles. The second-order valence-corrected chi connectivity index (χ2v) is 8.40. The molecule has 0 aliphatic rings. The van der Waals surface area contributed by atoms with E-state index in [0.29, 0.717) is 30.8 Å². The summed E-state index contributed by atoms with van der Waals surface area (Å²) >= 11 is 0. The van der Waals surface area contributed by atoms with Gasteiger partial charge in [0.15, 0.2) is 5.75 Å². The van der Waals surface area contributed by atoms with Crippen molar-refractivity contribution in [2.75, 3.05) is 26.0 Å². The number of carbonyl (C=O) groups is 1. The molecular formula is C22H33N3O5S. The summed E-state index contributed by atoms with van der Waals surface area (Å²) in [5.74, 6) is -0.550. The highest BCUT2D eigenvalue weighted by molar-refractivity contribution is 7.89. The number of sulfonamides is 1. The highest BCUT2D eigenvalue weighted by Gasteiger charge is 2.29. The monoisotopic (exact) mass is 451 g/mol. The highest BCUT2D eigenvalue weighted by Crippen LogP contribution is 2.40. The lowest BCUT2D eigenvalue weighted by Gasteiger charge is -2.21. The van der Waals surface area contributed by atoms with Crippen LogP contribution >= 0.6 is 0 Å². The van der Waals surface area contributed by atoms with Gasteiger partial charge < -0.3 is 20.5 Å².